The molecule has 0 bridgehead atoms. The van der Waals surface area contributed by atoms with Gasteiger partial charge >= 0.3 is 6.18 Å². The van der Waals surface area contributed by atoms with Crippen molar-refractivity contribution in [1.82, 2.24) is 0 Å². The third-order valence-electron chi connectivity index (χ3n) is 2.18. The molecule has 0 fully saturated rings. The number of hydrogen-bond acceptors (Lipinski definition) is 2. The number of aliphatic hydroxyl groups excluding tert-OH is 1. The molecule has 96 valence electrons. The fourth-order valence-electron chi connectivity index (χ4n) is 1.35. The smallest absolute Gasteiger partial charge is 0.393 e. The number of aliphatic hydroxyl groups is 1. The summed E-state index contributed by atoms with van der Waals surface area (Å²) in [5, 5.41) is 11.7. The Kier molecular flexibility index (Phi) is 4.65. The van der Waals surface area contributed by atoms with Gasteiger partial charge in [-0.15, -0.1) is 0 Å². The Balaban J connectivity index is 2.89. The van der Waals surface area contributed by atoms with Crippen molar-refractivity contribution in [3.63, 3.8) is 0 Å². The van der Waals surface area contributed by atoms with Crippen LogP contribution in [-0.2, 0) is 6.18 Å². The lowest BCUT2D eigenvalue weighted by molar-refractivity contribution is -0.136. The van der Waals surface area contributed by atoms with E-state index >= 15 is 0 Å². The van der Waals surface area contributed by atoms with Gasteiger partial charge in [0.25, 0.3) is 0 Å². The first-order chi connectivity index (χ1) is 7.82. The van der Waals surface area contributed by atoms with E-state index in [1.54, 1.807) is 6.92 Å². The lowest BCUT2D eigenvalue weighted by Gasteiger charge is -2.16. The highest BCUT2D eigenvalue weighted by molar-refractivity contribution is 6.33. The molecule has 1 unspecified atom stereocenters. The molecule has 0 aliphatic heterocycles. The van der Waals surface area contributed by atoms with E-state index < -0.39 is 17.8 Å². The number of rotatable bonds is 4. The predicted octanol–water partition coefficient (Wildman–Crippen LogP) is 3.54. The van der Waals surface area contributed by atoms with Gasteiger partial charge in [0, 0.05) is 6.54 Å². The minimum atomic E-state index is -4.45. The van der Waals surface area contributed by atoms with Crippen molar-refractivity contribution in [2.75, 3.05) is 11.9 Å². The van der Waals surface area contributed by atoms with Gasteiger partial charge in [0.05, 0.1) is 22.4 Å². The first-order valence-corrected chi connectivity index (χ1v) is 5.48. The van der Waals surface area contributed by atoms with Crippen LogP contribution in [0.5, 0.6) is 0 Å². The Morgan fingerprint density at radius 2 is 2.06 bits per heavy atom. The molecular weight excluding hydrogens is 255 g/mol. The molecule has 1 aromatic rings. The van der Waals surface area contributed by atoms with E-state index in [0.29, 0.717) is 6.42 Å². The highest BCUT2D eigenvalue weighted by Gasteiger charge is 2.34. The summed E-state index contributed by atoms with van der Waals surface area (Å²) in [6.07, 6.45) is -4.67. The number of benzene rings is 1. The van der Waals surface area contributed by atoms with Crippen molar-refractivity contribution in [2.24, 2.45) is 0 Å². The maximum absolute atomic E-state index is 12.7. The van der Waals surface area contributed by atoms with Gasteiger partial charge in [0.15, 0.2) is 0 Å². The summed E-state index contributed by atoms with van der Waals surface area (Å²) >= 11 is 5.73. The van der Waals surface area contributed by atoms with Crippen LogP contribution in [0.1, 0.15) is 18.9 Å². The van der Waals surface area contributed by atoms with Gasteiger partial charge in [-0.3, -0.25) is 0 Å². The van der Waals surface area contributed by atoms with E-state index in [1.165, 1.54) is 12.1 Å². The molecule has 0 radical (unpaired) electrons. The fourth-order valence-corrected chi connectivity index (χ4v) is 1.59. The number of halogens is 4. The fraction of sp³-hybridized carbons (Fsp3) is 0.455. The molecular formula is C11H13ClF3NO. The molecule has 2 N–H and O–H groups in total. The van der Waals surface area contributed by atoms with Gasteiger partial charge in [-0.2, -0.15) is 13.2 Å². The molecule has 0 heterocycles. The molecule has 0 aliphatic carbocycles. The summed E-state index contributed by atoms with van der Waals surface area (Å²) in [6.45, 7) is 1.80. The van der Waals surface area contributed by atoms with Gasteiger partial charge in [-0.1, -0.05) is 17.7 Å². The third-order valence-corrected chi connectivity index (χ3v) is 2.50. The molecule has 0 amide bonds. The number of alkyl halides is 3. The van der Waals surface area contributed by atoms with E-state index in [0.717, 1.165) is 6.07 Å². The summed E-state index contributed by atoms with van der Waals surface area (Å²) in [6, 6.07) is 3.61. The Bertz CT molecular complexity index is 379. The summed E-state index contributed by atoms with van der Waals surface area (Å²) in [5.41, 5.74) is -0.932. The zero-order valence-corrected chi connectivity index (χ0v) is 9.94. The minimum Gasteiger partial charge on any atom is -0.393 e. The van der Waals surface area contributed by atoms with E-state index in [1.807, 2.05) is 0 Å². The topological polar surface area (TPSA) is 32.3 Å². The van der Waals surface area contributed by atoms with Crippen LogP contribution in [0.2, 0.25) is 5.02 Å². The Labute approximate surface area is 102 Å². The molecule has 1 aromatic carbocycles. The number of anilines is 1. The maximum Gasteiger partial charge on any atom is 0.418 e. The Hall–Kier alpha value is -0.940. The van der Waals surface area contributed by atoms with Crippen molar-refractivity contribution in [2.45, 2.75) is 25.6 Å². The zero-order valence-electron chi connectivity index (χ0n) is 9.18. The molecule has 0 aromatic heterocycles. The van der Waals surface area contributed by atoms with Crippen LogP contribution in [0.25, 0.3) is 0 Å². The maximum atomic E-state index is 12.7. The SMILES string of the molecule is CC(O)CCNc1c(Cl)cccc1C(F)(F)F. The number of para-hydroxylation sites is 1. The number of nitrogens with one attached hydrogen (secondary N) is 1. The molecule has 2 nitrogen and oxygen atoms in total. The van der Waals surface area contributed by atoms with Crippen molar-refractivity contribution >= 4 is 17.3 Å². The third kappa shape index (κ3) is 4.09. The van der Waals surface area contributed by atoms with Crippen LogP contribution in [0.3, 0.4) is 0 Å². The van der Waals surface area contributed by atoms with Crippen molar-refractivity contribution in [3.05, 3.63) is 28.8 Å². The van der Waals surface area contributed by atoms with E-state index in [2.05, 4.69) is 5.32 Å². The average Bonchev–Trinajstić information content (AvgIpc) is 2.18. The van der Waals surface area contributed by atoms with Gasteiger partial charge < -0.3 is 10.4 Å². The second-order valence-electron chi connectivity index (χ2n) is 3.72. The molecule has 6 heteroatoms. The second-order valence-corrected chi connectivity index (χ2v) is 4.13. The molecule has 0 spiro atoms. The summed E-state index contributed by atoms with van der Waals surface area (Å²) in [5.74, 6) is 0. The first-order valence-electron chi connectivity index (χ1n) is 5.10. The van der Waals surface area contributed by atoms with Crippen LogP contribution >= 0.6 is 11.6 Å². The van der Waals surface area contributed by atoms with Crippen LogP contribution in [-0.4, -0.2) is 17.8 Å². The molecule has 1 atom stereocenters. The Morgan fingerprint density at radius 1 is 1.41 bits per heavy atom. The van der Waals surface area contributed by atoms with Crippen LogP contribution in [0.15, 0.2) is 18.2 Å². The monoisotopic (exact) mass is 267 g/mol. The number of hydrogen-bond donors (Lipinski definition) is 2. The zero-order chi connectivity index (χ0) is 13.1. The Morgan fingerprint density at radius 3 is 2.59 bits per heavy atom. The van der Waals surface area contributed by atoms with Gasteiger partial charge in [-0.05, 0) is 25.5 Å². The standard InChI is InChI=1S/C11H13ClF3NO/c1-7(17)5-6-16-10-8(11(13,14)15)3-2-4-9(10)12/h2-4,7,16-17H,5-6H2,1H3. The van der Waals surface area contributed by atoms with Crippen LogP contribution in [0.4, 0.5) is 18.9 Å². The second kappa shape index (κ2) is 5.60. The van der Waals surface area contributed by atoms with E-state index in [4.69, 9.17) is 16.7 Å². The highest BCUT2D eigenvalue weighted by Crippen LogP contribution is 2.38. The van der Waals surface area contributed by atoms with Crippen molar-refractivity contribution < 1.29 is 18.3 Å². The van der Waals surface area contributed by atoms with Crippen LogP contribution < -0.4 is 5.32 Å². The van der Waals surface area contributed by atoms with Gasteiger partial charge in [0.2, 0.25) is 0 Å². The summed E-state index contributed by atoms with van der Waals surface area (Å²) in [7, 11) is 0. The van der Waals surface area contributed by atoms with E-state index in [9.17, 15) is 13.2 Å². The lowest BCUT2D eigenvalue weighted by Crippen LogP contribution is -2.14. The predicted molar refractivity (Wildman–Crippen MR) is 61.2 cm³/mol. The van der Waals surface area contributed by atoms with Crippen molar-refractivity contribution in [1.29, 1.82) is 0 Å². The molecule has 1 rings (SSSR count). The van der Waals surface area contributed by atoms with E-state index in [-0.39, 0.29) is 17.3 Å². The van der Waals surface area contributed by atoms with Crippen molar-refractivity contribution in [3.8, 4) is 0 Å². The van der Waals surface area contributed by atoms with Gasteiger partial charge in [0.1, 0.15) is 0 Å². The average molecular weight is 268 g/mol. The lowest BCUT2D eigenvalue weighted by atomic mass is 10.1. The highest BCUT2D eigenvalue weighted by atomic mass is 35.5. The molecule has 0 aliphatic rings. The normalized spacial score (nSPS) is 13.5. The van der Waals surface area contributed by atoms with Gasteiger partial charge in [-0.25, -0.2) is 0 Å². The quantitative estimate of drug-likeness (QED) is 0.874. The molecule has 0 saturated heterocycles. The molecule has 0 saturated carbocycles. The first kappa shape index (κ1) is 14.1. The minimum absolute atomic E-state index is 0.0189. The summed E-state index contributed by atoms with van der Waals surface area (Å²) < 4.78 is 38.0. The van der Waals surface area contributed by atoms with Crippen LogP contribution in [0, 0.1) is 0 Å². The molecule has 17 heavy (non-hydrogen) atoms. The largest absolute Gasteiger partial charge is 0.418 e. The summed E-state index contributed by atoms with van der Waals surface area (Å²) in [4.78, 5) is 0.